The topological polar surface area (TPSA) is 79.5 Å². The van der Waals surface area contributed by atoms with Gasteiger partial charge in [-0.15, -0.1) is 35.3 Å². The molecule has 0 radical (unpaired) electrons. The van der Waals surface area contributed by atoms with E-state index in [1.807, 2.05) is 23.0 Å². The van der Waals surface area contributed by atoms with Crippen molar-refractivity contribution < 1.29 is 0 Å². The van der Waals surface area contributed by atoms with Crippen LogP contribution < -0.4 is 21.2 Å². The van der Waals surface area contributed by atoms with Crippen molar-refractivity contribution in [3.63, 3.8) is 0 Å². The molecule has 0 aliphatic carbocycles. The summed E-state index contributed by atoms with van der Waals surface area (Å²) in [5, 5.41) is 14.9. The van der Waals surface area contributed by atoms with Gasteiger partial charge in [0.1, 0.15) is 5.82 Å². The van der Waals surface area contributed by atoms with Gasteiger partial charge in [-0.25, -0.2) is 9.48 Å². The van der Waals surface area contributed by atoms with Crippen molar-refractivity contribution in [3.8, 4) is 0 Å². The molecule has 1 fully saturated rings. The summed E-state index contributed by atoms with van der Waals surface area (Å²) in [6, 6.07) is 4.75. The molecule has 2 aliphatic heterocycles. The van der Waals surface area contributed by atoms with Crippen molar-refractivity contribution in [1.82, 2.24) is 25.0 Å². The highest BCUT2D eigenvalue weighted by molar-refractivity contribution is 14.0. The Morgan fingerprint density at radius 3 is 2.83 bits per heavy atom. The zero-order chi connectivity index (χ0) is 20.1. The number of nitrogens with one attached hydrogen (secondary N) is 2. The van der Waals surface area contributed by atoms with E-state index >= 15 is 0 Å². The van der Waals surface area contributed by atoms with Crippen LogP contribution in [0.5, 0.6) is 0 Å². The van der Waals surface area contributed by atoms with Gasteiger partial charge >= 0.3 is 5.69 Å². The first kappa shape index (κ1) is 23.1. The monoisotopic (exact) mass is 545 g/mol. The fourth-order valence-electron chi connectivity index (χ4n) is 4.11. The maximum absolute atomic E-state index is 12.4. The lowest BCUT2D eigenvalue weighted by atomic mass is 10.1. The van der Waals surface area contributed by atoms with Gasteiger partial charge in [-0.2, -0.15) is 5.10 Å². The van der Waals surface area contributed by atoms with E-state index in [4.69, 9.17) is 0 Å². The van der Waals surface area contributed by atoms with E-state index in [1.165, 1.54) is 5.00 Å². The van der Waals surface area contributed by atoms with Crippen LogP contribution in [0, 0.1) is 0 Å². The average Bonchev–Trinajstić information content (AvgIpc) is 3.40. The molecule has 4 heterocycles. The summed E-state index contributed by atoms with van der Waals surface area (Å²) in [5.41, 5.74) is 0.0414. The number of hydrogen-bond acceptors (Lipinski definition) is 5. The SMILES string of the molecule is CN=C(NCCCn1nc2n(c1=O)CCCC2)NC1CCN(c2cccs2)CC1.I. The van der Waals surface area contributed by atoms with Crippen molar-refractivity contribution in [2.45, 2.75) is 57.7 Å². The third kappa shape index (κ3) is 5.57. The predicted molar refractivity (Wildman–Crippen MR) is 134 cm³/mol. The number of guanidine groups is 1. The number of piperidine rings is 1. The largest absolute Gasteiger partial charge is 0.363 e. The number of rotatable bonds is 6. The minimum absolute atomic E-state index is 0. The van der Waals surface area contributed by atoms with E-state index in [0.717, 1.165) is 76.5 Å². The van der Waals surface area contributed by atoms with Crippen LogP contribution in [0.2, 0.25) is 0 Å². The zero-order valence-corrected chi connectivity index (χ0v) is 20.7. The minimum Gasteiger partial charge on any atom is -0.363 e. The molecule has 2 aromatic heterocycles. The normalized spacial score (nSPS) is 17.4. The smallest absolute Gasteiger partial charge is 0.345 e. The number of aromatic nitrogens is 3. The predicted octanol–water partition coefficient (Wildman–Crippen LogP) is 2.28. The second-order valence-electron chi connectivity index (χ2n) is 7.74. The molecule has 0 aromatic carbocycles. The van der Waals surface area contributed by atoms with Crippen molar-refractivity contribution in [3.05, 3.63) is 33.8 Å². The summed E-state index contributed by atoms with van der Waals surface area (Å²) in [4.78, 5) is 19.2. The fourth-order valence-corrected chi connectivity index (χ4v) is 4.90. The zero-order valence-electron chi connectivity index (χ0n) is 17.5. The Kier molecular flexibility index (Phi) is 8.61. The molecule has 0 atom stereocenters. The first-order chi connectivity index (χ1) is 14.2. The third-order valence-corrected chi connectivity index (χ3v) is 6.68. The quantitative estimate of drug-likeness (QED) is 0.252. The van der Waals surface area contributed by atoms with Gasteiger partial charge < -0.3 is 15.5 Å². The summed E-state index contributed by atoms with van der Waals surface area (Å²) in [6.45, 7) is 4.37. The molecule has 0 saturated carbocycles. The van der Waals surface area contributed by atoms with Gasteiger partial charge in [0.05, 0.1) is 5.00 Å². The van der Waals surface area contributed by atoms with Crippen molar-refractivity contribution in [2.24, 2.45) is 4.99 Å². The maximum atomic E-state index is 12.4. The average molecular weight is 545 g/mol. The fraction of sp³-hybridized carbons (Fsp3) is 0.650. The number of thiophene rings is 1. The molecule has 166 valence electrons. The van der Waals surface area contributed by atoms with Gasteiger partial charge in [-0.3, -0.25) is 9.56 Å². The molecule has 2 aromatic rings. The Morgan fingerprint density at radius 1 is 1.30 bits per heavy atom. The van der Waals surface area contributed by atoms with Crippen LogP contribution in [-0.2, 0) is 19.5 Å². The highest BCUT2D eigenvalue weighted by Crippen LogP contribution is 2.24. The van der Waals surface area contributed by atoms with E-state index in [2.05, 4.69) is 43.1 Å². The molecular weight excluding hydrogens is 513 g/mol. The maximum Gasteiger partial charge on any atom is 0.345 e. The summed E-state index contributed by atoms with van der Waals surface area (Å²) in [5.74, 6) is 1.79. The summed E-state index contributed by atoms with van der Waals surface area (Å²) < 4.78 is 3.46. The van der Waals surface area contributed by atoms with Crippen molar-refractivity contribution in [2.75, 3.05) is 31.6 Å². The molecule has 10 heteroatoms. The summed E-state index contributed by atoms with van der Waals surface area (Å²) >= 11 is 1.81. The van der Waals surface area contributed by atoms with E-state index < -0.39 is 0 Å². The Hall–Kier alpha value is -1.56. The van der Waals surface area contributed by atoms with Crippen molar-refractivity contribution >= 4 is 46.3 Å². The van der Waals surface area contributed by atoms with Gasteiger partial charge in [-0.1, -0.05) is 0 Å². The Balaban J connectivity index is 0.00000256. The van der Waals surface area contributed by atoms with Crippen LogP contribution in [0.15, 0.2) is 27.3 Å². The lowest BCUT2D eigenvalue weighted by molar-refractivity contribution is 0.461. The molecule has 0 unspecified atom stereocenters. The number of fused-ring (bicyclic) bond motifs is 1. The molecule has 0 spiro atoms. The summed E-state index contributed by atoms with van der Waals surface area (Å²) in [7, 11) is 1.81. The number of aryl methyl sites for hydroxylation is 2. The number of hydrogen-bond donors (Lipinski definition) is 2. The molecule has 2 aliphatic rings. The molecule has 4 rings (SSSR count). The number of aliphatic imine (C=N–C) groups is 1. The van der Waals surface area contributed by atoms with Crippen LogP contribution in [0.25, 0.3) is 0 Å². The number of nitrogens with zero attached hydrogens (tertiary/aromatic N) is 5. The van der Waals surface area contributed by atoms with E-state index in [-0.39, 0.29) is 29.7 Å². The van der Waals surface area contributed by atoms with E-state index in [9.17, 15) is 4.79 Å². The molecule has 2 N–H and O–H groups in total. The Morgan fingerprint density at radius 2 is 2.13 bits per heavy atom. The van der Waals surface area contributed by atoms with Crippen LogP contribution in [0.4, 0.5) is 5.00 Å². The van der Waals surface area contributed by atoms with Crippen LogP contribution in [-0.4, -0.2) is 53.0 Å². The first-order valence-electron chi connectivity index (χ1n) is 10.7. The molecular formula is C20H32IN7OS. The lowest BCUT2D eigenvalue weighted by Crippen LogP contribution is -2.48. The summed E-state index contributed by atoms with van der Waals surface area (Å²) in [6.07, 6.45) is 6.18. The number of halogens is 1. The highest BCUT2D eigenvalue weighted by atomic mass is 127. The Labute approximate surface area is 198 Å². The van der Waals surface area contributed by atoms with Crippen LogP contribution in [0.1, 0.15) is 37.9 Å². The highest BCUT2D eigenvalue weighted by Gasteiger charge is 2.21. The van der Waals surface area contributed by atoms with Gasteiger partial charge in [0.25, 0.3) is 0 Å². The van der Waals surface area contributed by atoms with Crippen LogP contribution in [0.3, 0.4) is 0 Å². The second kappa shape index (κ2) is 11.2. The molecule has 30 heavy (non-hydrogen) atoms. The van der Waals surface area contributed by atoms with E-state index in [1.54, 1.807) is 4.68 Å². The second-order valence-corrected chi connectivity index (χ2v) is 8.67. The van der Waals surface area contributed by atoms with Crippen molar-refractivity contribution in [1.29, 1.82) is 0 Å². The molecule has 1 saturated heterocycles. The molecule has 0 amide bonds. The van der Waals surface area contributed by atoms with E-state index in [0.29, 0.717) is 12.6 Å². The Bertz CT molecular complexity index is 868. The number of anilines is 1. The standard InChI is InChI=1S/C20H31N7OS.HI/c1-21-19(23-16-8-13-25(14-9-16)18-7-4-15-29-18)22-10-5-12-27-20(28)26-11-3-2-6-17(26)24-27;/h4,7,15-16H,2-3,5-6,8-14H2,1H3,(H2,21,22,23);1H. The van der Waals surface area contributed by atoms with Gasteiger partial charge in [0.2, 0.25) is 0 Å². The van der Waals surface area contributed by atoms with Gasteiger partial charge in [-0.05, 0) is 49.6 Å². The lowest BCUT2D eigenvalue weighted by Gasteiger charge is -2.33. The molecule has 8 nitrogen and oxygen atoms in total. The van der Waals surface area contributed by atoms with Gasteiger partial charge in [0, 0.05) is 52.2 Å². The van der Waals surface area contributed by atoms with Gasteiger partial charge in [0.15, 0.2) is 5.96 Å². The first-order valence-corrected chi connectivity index (χ1v) is 11.5. The van der Waals surface area contributed by atoms with Crippen LogP contribution >= 0.6 is 35.3 Å². The minimum atomic E-state index is 0. The third-order valence-electron chi connectivity index (χ3n) is 5.75. The molecule has 0 bridgehead atoms.